The van der Waals surface area contributed by atoms with Crippen molar-refractivity contribution in [1.29, 1.82) is 0 Å². The average Bonchev–Trinajstić information content (AvgIpc) is 2.38. The van der Waals surface area contributed by atoms with Gasteiger partial charge in [0.25, 0.3) is 0 Å². The summed E-state index contributed by atoms with van der Waals surface area (Å²) >= 11 is 0. The van der Waals surface area contributed by atoms with Crippen molar-refractivity contribution >= 4 is 5.78 Å². The molecule has 0 fully saturated rings. The van der Waals surface area contributed by atoms with E-state index in [4.69, 9.17) is 14.2 Å². The Morgan fingerprint density at radius 1 is 1.24 bits per heavy atom. The van der Waals surface area contributed by atoms with Crippen molar-refractivity contribution < 1.29 is 19.0 Å². The maximum Gasteiger partial charge on any atom is 0.188 e. The van der Waals surface area contributed by atoms with Crippen molar-refractivity contribution in [2.45, 2.75) is 6.42 Å². The minimum atomic E-state index is -0.0404. The Hall–Kier alpha value is -1.39. The molecule has 0 saturated carbocycles. The molecule has 0 aliphatic rings. The number of hydrogen-bond acceptors (Lipinski definition) is 4. The number of Topliss-reactive ketones (excluding diaryl/α,β-unsaturated/α-hetero) is 1. The van der Waals surface area contributed by atoms with Crippen LogP contribution in [0.4, 0.5) is 0 Å². The van der Waals surface area contributed by atoms with Gasteiger partial charge in [-0.05, 0) is 18.6 Å². The molecule has 0 bridgehead atoms. The molecule has 0 spiro atoms. The van der Waals surface area contributed by atoms with Crippen LogP contribution in [0.2, 0.25) is 0 Å². The molecule has 0 atom stereocenters. The van der Waals surface area contributed by atoms with Crippen molar-refractivity contribution in [3.05, 3.63) is 29.8 Å². The molecular weight excluding hydrogens is 220 g/mol. The zero-order valence-electron chi connectivity index (χ0n) is 10.3. The third kappa shape index (κ3) is 4.97. The van der Waals surface area contributed by atoms with Gasteiger partial charge < -0.3 is 14.2 Å². The van der Waals surface area contributed by atoms with E-state index in [1.54, 1.807) is 38.5 Å². The Morgan fingerprint density at radius 3 is 2.76 bits per heavy atom. The van der Waals surface area contributed by atoms with Gasteiger partial charge in [0.15, 0.2) is 5.78 Å². The van der Waals surface area contributed by atoms with E-state index < -0.39 is 0 Å². The fraction of sp³-hybridized carbons (Fsp3) is 0.462. The lowest BCUT2D eigenvalue weighted by molar-refractivity contribution is 0.0705. The zero-order chi connectivity index (χ0) is 12.5. The molecule has 0 unspecified atom stereocenters. The van der Waals surface area contributed by atoms with Crippen molar-refractivity contribution in [2.24, 2.45) is 0 Å². The van der Waals surface area contributed by atoms with Gasteiger partial charge in [0, 0.05) is 25.9 Å². The van der Waals surface area contributed by atoms with E-state index in [0.717, 1.165) is 6.42 Å². The van der Waals surface area contributed by atoms with Crippen LogP contribution in [0, 0.1) is 0 Å². The van der Waals surface area contributed by atoms with E-state index in [0.29, 0.717) is 24.5 Å². The topological polar surface area (TPSA) is 44.8 Å². The van der Waals surface area contributed by atoms with Gasteiger partial charge in [-0.15, -0.1) is 0 Å². The Labute approximate surface area is 101 Å². The highest BCUT2D eigenvalue weighted by atomic mass is 16.5. The molecule has 0 amide bonds. The first kappa shape index (κ1) is 13.7. The molecule has 0 saturated heterocycles. The number of rotatable bonds is 8. The highest BCUT2D eigenvalue weighted by molar-refractivity contribution is 5.97. The smallest absolute Gasteiger partial charge is 0.188 e. The first-order valence-electron chi connectivity index (χ1n) is 5.52. The number of ether oxygens (including phenoxy) is 3. The Morgan fingerprint density at radius 2 is 2.06 bits per heavy atom. The van der Waals surface area contributed by atoms with E-state index in [2.05, 4.69) is 0 Å². The van der Waals surface area contributed by atoms with Crippen molar-refractivity contribution in [2.75, 3.05) is 34.0 Å². The van der Waals surface area contributed by atoms with Crippen LogP contribution in [0.5, 0.6) is 5.75 Å². The van der Waals surface area contributed by atoms with Crippen LogP contribution in [-0.2, 0) is 9.47 Å². The average molecular weight is 238 g/mol. The molecule has 1 aromatic rings. The largest absolute Gasteiger partial charge is 0.497 e. The van der Waals surface area contributed by atoms with E-state index in [9.17, 15) is 4.79 Å². The lowest BCUT2D eigenvalue weighted by atomic mass is 10.1. The maximum atomic E-state index is 11.7. The monoisotopic (exact) mass is 238 g/mol. The molecule has 4 nitrogen and oxygen atoms in total. The fourth-order valence-electron chi connectivity index (χ4n) is 1.35. The number of hydrogen-bond donors (Lipinski definition) is 0. The standard InChI is InChI=1S/C13H18O4/c1-15-7-4-8-17-10-13(14)11-5-3-6-12(9-11)16-2/h3,5-6,9H,4,7-8,10H2,1-2H3. The van der Waals surface area contributed by atoms with Crippen molar-refractivity contribution in [1.82, 2.24) is 0 Å². The molecular formula is C13H18O4. The van der Waals surface area contributed by atoms with Gasteiger partial charge in [0.05, 0.1) is 7.11 Å². The van der Waals surface area contributed by atoms with Gasteiger partial charge in [-0.2, -0.15) is 0 Å². The number of carbonyl (C=O) groups excluding carboxylic acids is 1. The molecule has 0 aromatic heterocycles. The van der Waals surface area contributed by atoms with Crippen LogP contribution in [0.15, 0.2) is 24.3 Å². The van der Waals surface area contributed by atoms with Gasteiger partial charge in [0.2, 0.25) is 0 Å². The summed E-state index contributed by atoms with van der Waals surface area (Å²) in [5, 5.41) is 0. The summed E-state index contributed by atoms with van der Waals surface area (Å²) in [5.74, 6) is 0.636. The third-order valence-electron chi connectivity index (χ3n) is 2.26. The second kappa shape index (κ2) is 7.81. The van der Waals surface area contributed by atoms with E-state index in [-0.39, 0.29) is 12.4 Å². The van der Waals surface area contributed by atoms with Crippen LogP contribution < -0.4 is 4.74 Å². The molecule has 0 N–H and O–H groups in total. The second-order valence-electron chi connectivity index (χ2n) is 3.55. The molecule has 0 aliphatic carbocycles. The van der Waals surface area contributed by atoms with Crippen LogP contribution in [0.25, 0.3) is 0 Å². The summed E-state index contributed by atoms with van der Waals surface area (Å²) in [6.45, 7) is 1.27. The van der Waals surface area contributed by atoms with E-state index in [1.165, 1.54) is 0 Å². The number of benzene rings is 1. The minimum absolute atomic E-state index is 0.0404. The lowest BCUT2D eigenvalue weighted by Gasteiger charge is -2.05. The number of ketones is 1. The molecule has 1 aromatic carbocycles. The van der Waals surface area contributed by atoms with Crippen LogP contribution in [-0.4, -0.2) is 39.8 Å². The summed E-state index contributed by atoms with van der Waals surface area (Å²) in [4.78, 5) is 11.7. The quantitative estimate of drug-likeness (QED) is 0.513. The van der Waals surface area contributed by atoms with Crippen molar-refractivity contribution in [3.8, 4) is 5.75 Å². The number of methoxy groups -OCH3 is 2. The Kier molecular flexibility index (Phi) is 6.29. The van der Waals surface area contributed by atoms with E-state index >= 15 is 0 Å². The summed E-state index contributed by atoms with van der Waals surface area (Å²) in [6, 6.07) is 7.05. The fourth-order valence-corrected chi connectivity index (χ4v) is 1.35. The predicted molar refractivity (Wildman–Crippen MR) is 64.6 cm³/mol. The van der Waals surface area contributed by atoms with Crippen molar-refractivity contribution in [3.63, 3.8) is 0 Å². The third-order valence-corrected chi connectivity index (χ3v) is 2.26. The second-order valence-corrected chi connectivity index (χ2v) is 3.55. The molecule has 94 valence electrons. The molecule has 0 radical (unpaired) electrons. The van der Waals surface area contributed by atoms with Gasteiger partial charge >= 0.3 is 0 Å². The van der Waals surface area contributed by atoms with Gasteiger partial charge in [-0.3, -0.25) is 4.79 Å². The summed E-state index contributed by atoms with van der Waals surface area (Å²) in [6.07, 6.45) is 0.794. The zero-order valence-corrected chi connectivity index (χ0v) is 10.3. The molecule has 17 heavy (non-hydrogen) atoms. The number of carbonyl (C=O) groups is 1. The van der Waals surface area contributed by atoms with Crippen LogP contribution >= 0.6 is 0 Å². The molecule has 0 aliphatic heterocycles. The van der Waals surface area contributed by atoms with Crippen LogP contribution in [0.3, 0.4) is 0 Å². The minimum Gasteiger partial charge on any atom is -0.497 e. The summed E-state index contributed by atoms with van der Waals surface area (Å²) < 4.78 is 15.2. The first-order chi connectivity index (χ1) is 8.27. The highest BCUT2D eigenvalue weighted by Gasteiger charge is 2.06. The van der Waals surface area contributed by atoms with Gasteiger partial charge in [0.1, 0.15) is 12.4 Å². The molecule has 1 rings (SSSR count). The lowest BCUT2D eigenvalue weighted by Crippen LogP contribution is -2.10. The highest BCUT2D eigenvalue weighted by Crippen LogP contribution is 2.12. The maximum absolute atomic E-state index is 11.7. The Balaban J connectivity index is 2.36. The summed E-state index contributed by atoms with van der Waals surface area (Å²) in [7, 11) is 3.21. The SMILES string of the molecule is COCCCOCC(=O)c1cccc(OC)c1. The Bertz CT molecular complexity index is 349. The molecule has 0 heterocycles. The summed E-state index contributed by atoms with van der Waals surface area (Å²) in [5.41, 5.74) is 0.607. The molecule has 4 heteroatoms. The first-order valence-corrected chi connectivity index (χ1v) is 5.52. The normalized spacial score (nSPS) is 10.2. The van der Waals surface area contributed by atoms with E-state index in [1.807, 2.05) is 0 Å². The van der Waals surface area contributed by atoms with Crippen LogP contribution in [0.1, 0.15) is 16.8 Å². The van der Waals surface area contributed by atoms with Gasteiger partial charge in [-0.25, -0.2) is 0 Å². The van der Waals surface area contributed by atoms with Gasteiger partial charge in [-0.1, -0.05) is 12.1 Å². The predicted octanol–water partition coefficient (Wildman–Crippen LogP) is 1.93.